The molecule has 1 aliphatic heterocycles. The van der Waals surface area contributed by atoms with Crippen molar-refractivity contribution in [2.24, 2.45) is 17.3 Å². The zero-order valence-electron chi connectivity index (χ0n) is 16.5. The highest BCUT2D eigenvalue weighted by Crippen LogP contribution is 2.83. The summed E-state index contributed by atoms with van der Waals surface area (Å²) in [6.07, 6.45) is -1.95. The van der Waals surface area contributed by atoms with Crippen molar-refractivity contribution in [1.29, 1.82) is 0 Å². The summed E-state index contributed by atoms with van der Waals surface area (Å²) in [5.41, 5.74) is -0.937. The molecule has 3 aliphatic rings. The van der Waals surface area contributed by atoms with E-state index in [1.807, 2.05) is 20.8 Å². The first-order valence-electron chi connectivity index (χ1n) is 9.57. The summed E-state index contributed by atoms with van der Waals surface area (Å²) >= 11 is 0. The van der Waals surface area contributed by atoms with E-state index < -0.39 is 17.3 Å². The molecule has 1 spiro atoms. The lowest BCUT2D eigenvalue weighted by Crippen LogP contribution is -2.51. The van der Waals surface area contributed by atoms with Crippen molar-refractivity contribution in [1.82, 2.24) is 9.88 Å². The Morgan fingerprint density at radius 1 is 1.29 bits per heavy atom. The third-order valence-electron chi connectivity index (χ3n) is 6.19. The molecule has 0 N–H and O–H groups in total. The summed E-state index contributed by atoms with van der Waals surface area (Å²) in [6, 6.07) is 1.13. The molecular formula is C20H25F3N2O3. The van der Waals surface area contributed by atoms with Crippen LogP contribution in [0.25, 0.3) is 0 Å². The van der Waals surface area contributed by atoms with Gasteiger partial charge in [0.05, 0.1) is 11.6 Å². The van der Waals surface area contributed by atoms with Crippen LogP contribution in [-0.2, 0) is 10.9 Å². The van der Waals surface area contributed by atoms with Gasteiger partial charge in [-0.05, 0) is 63.4 Å². The van der Waals surface area contributed by atoms with Gasteiger partial charge < -0.3 is 14.4 Å². The standard InChI is InChI=1S/C20H25F3N2O3/c1-11-5-16(24-8-14(11)20(21,22)23)27-10-12-6-19-7-13(19)15(19)9-25(12)17(26)28-18(2,3)4/h5,8,12-13,15H,6-7,9-10H2,1-4H3/t12-,13-,15?,19?/m0/s1. The van der Waals surface area contributed by atoms with E-state index in [-0.39, 0.29) is 30.2 Å². The topological polar surface area (TPSA) is 51.7 Å². The van der Waals surface area contributed by atoms with Crippen LogP contribution in [0.5, 0.6) is 5.88 Å². The molecular weight excluding hydrogens is 373 g/mol. The molecule has 1 amide bonds. The number of rotatable bonds is 3. The van der Waals surface area contributed by atoms with Gasteiger partial charge in [-0.15, -0.1) is 0 Å². The molecule has 4 atom stereocenters. The lowest BCUT2D eigenvalue weighted by Gasteiger charge is -2.38. The Balaban J connectivity index is 1.44. The number of aryl methyl sites for hydroxylation is 1. The summed E-state index contributed by atoms with van der Waals surface area (Å²) in [5, 5.41) is 0. The molecule has 2 aliphatic carbocycles. The zero-order chi connectivity index (χ0) is 20.5. The van der Waals surface area contributed by atoms with Crippen molar-refractivity contribution in [3.8, 4) is 5.88 Å². The zero-order valence-corrected chi connectivity index (χ0v) is 16.5. The summed E-state index contributed by atoms with van der Waals surface area (Å²) in [4.78, 5) is 18.2. The monoisotopic (exact) mass is 398 g/mol. The predicted molar refractivity (Wildman–Crippen MR) is 94.8 cm³/mol. The number of piperidine rings is 1. The number of amides is 1. The molecule has 8 heteroatoms. The number of pyridine rings is 1. The molecule has 1 aromatic rings. The summed E-state index contributed by atoms with van der Waals surface area (Å²) in [6.45, 7) is 7.71. The molecule has 4 rings (SSSR count). The number of fused-ring (bicyclic) bond motifs is 1. The number of likely N-dealkylation sites (tertiary alicyclic amines) is 1. The predicted octanol–water partition coefficient (Wildman–Crippen LogP) is 4.43. The van der Waals surface area contributed by atoms with E-state index in [1.54, 1.807) is 4.90 Å². The fourth-order valence-electron chi connectivity index (χ4n) is 4.54. The molecule has 0 aromatic carbocycles. The normalized spacial score (nSPS) is 31.0. The Hall–Kier alpha value is -1.99. The number of hydrogen-bond donors (Lipinski definition) is 0. The Bertz CT molecular complexity index is 805. The third kappa shape index (κ3) is 3.42. The van der Waals surface area contributed by atoms with Crippen LogP contribution in [0.3, 0.4) is 0 Å². The average molecular weight is 398 g/mol. The van der Waals surface area contributed by atoms with Crippen LogP contribution in [0, 0.1) is 24.2 Å². The molecule has 154 valence electrons. The van der Waals surface area contributed by atoms with Crippen molar-refractivity contribution < 1.29 is 27.4 Å². The number of ether oxygens (including phenoxy) is 2. The number of halogens is 3. The number of aromatic nitrogens is 1. The fraction of sp³-hybridized carbons (Fsp3) is 0.700. The van der Waals surface area contributed by atoms with Gasteiger partial charge in [-0.25, -0.2) is 9.78 Å². The second-order valence-electron chi connectivity index (χ2n) is 9.29. The minimum Gasteiger partial charge on any atom is -0.475 e. The van der Waals surface area contributed by atoms with Crippen molar-refractivity contribution in [2.45, 2.75) is 58.4 Å². The van der Waals surface area contributed by atoms with E-state index in [2.05, 4.69) is 4.98 Å². The average Bonchev–Trinajstić information content (AvgIpc) is 3.39. The highest BCUT2D eigenvalue weighted by Gasteiger charge is 2.80. The van der Waals surface area contributed by atoms with E-state index in [9.17, 15) is 18.0 Å². The van der Waals surface area contributed by atoms with Crippen LogP contribution in [0.15, 0.2) is 12.3 Å². The summed E-state index contributed by atoms with van der Waals surface area (Å²) in [5.74, 6) is 1.40. The van der Waals surface area contributed by atoms with E-state index >= 15 is 0 Å². The van der Waals surface area contributed by atoms with Crippen LogP contribution < -0.4 is 4.74 Å². The Kier molecular flexibility index (Phi) is 4.14. The van der Waals surface area contributed by atoms with E-state index in [0.29, 0.717) is 23.8 Å². The van der Waals surface area contributed by atoms with Crippen LogP contribution in [0.4, 0.5) is 18.0 Å². The first kappa shape index (κ1) is 19.3. The molecule has 2 saturated carbocycles. The summed E-state index contributed by atoms with van der Waals surface area (Å²) in [7, 11) is 0. The third-order valence-corrected chi connectivity index (χ3v) is 6.19. The van der Waals surface area contributed by atoms with Gasteiger partial charge >= 0.3 is 12.3 Å². The van der Waals surface area contributed by atoms with Crippen LogP contribution >= 0.6 is 0 Å². The van der Waals surface area contributed by atoms with Gasteiger partial charge in [0.15, 0.2) is 0 Å². The Morgan fingerprint density at radius 2 is 2.00 bits per heavy atom. The molecule has 0 radical (unpaired) electrons. The van der Waals surface area contributed by atoms with Crippen molar-refractivity contribution in [3.05, 3.63) is 23.4 Å². The minimum absolute atomic E-state index is 0.0632. The van der Waals surface area contributed by atoms with E-state index in [1.165, 1.54) is 19.4 Å². The van der Waals surface area contributed by atoms with E-state index in [4.69, 9.17) is 9.47 Å². The van der Waals surface area contributed by atoms with Gasteiger partial charge in [0.25, 0.3) is 0 Å². The van der Waals surface area contributed by atoms with Gasteiger partial charge in [0.1, 0.15) is 12.2 Å². The van der Waals surface area contributed by atoms with E-state index in [0.717, 1.165) is 12.6 Å². The van der Waals surface area contributed by atoms with Gasteiger partial charge in [0.2, 0.25) is 5.88 Å². The second kappa shape index (κ2) is 6.00. The van der Waals surface area contributed by atoms with Crippen LogP contribution in [0.2, 0.25) is 0 Å². The number of hydrogen-bond acceptors (Lipinski definition) is 4. The Labute approximate surface area is 162 Å². The first-order valence-corrected chi connectivity index (χ1v) is 9.57. The van der Waals surface area contributed by atoms with Crippen LogP contribution in [0.1, 0.15) is 44.7 Å². The lowest BCUT2D eigenvalue weighted by atomic mass is 9.92. The van der Waals surface area contributed by atoms with Gasteiger partial charge in [-0.3, -0.25) is 0 Å². The maximum atomic E-state index is 12.9. The van der Waals surface area contributed by atoms with Crippen LogP contribution in [-0.4, -0.2) is 40.8 Å². The molecule has 1 saturated heterocycles. The minimum atomic E-state index is -4.44. The molecule has 0 bridgehead atoms. The van der Waals surface area contributed by atoms with Crippen molar-refractivity contribution in [3.63, 3.8) is 0 Å². The maximum absolute atomic E-state index is 12.9. The SMILES string of the molecule is Cc1cc(OC[C@@H]2CC34C[C@H]3C4CN2C(=O)OC(C)(C)C)ncc1C(F)(F)F. The molecule has 2 heterocycles. The van der Waals surface area contributed by atoms with Gasteiger partial charge in [0, 0.05) is 18.8 Å². The van der Waals surface area contributed by atoms with Gasteiger partial charge in [-0.1, -0.05) is 0 Å². The molecule has 1 aromatic heterocycles. The number of alkyl halides is 3. The quantitative estimate of drug-likeness (QED) is 0.756. The number of nitrogens with zero attached hydrogens (tertiary/aromatic N) is 2. The molecule has 3 fully saturated rings. The maximum Gasteiger partial charge on any atom is 0.418 e. The molecule has 28 heavy (non-hydrogen) atoms. The van der Waals surface area contributed by atoms with Crippen molar-refractivity contribution in [2.75, 3.05) is 13.2 Å². The number of carbonyl (C=O) groups is 1. The fourth-order valence-corrected chi connectivity index (χ4v) is 4.54. The smallest absolute Gasteiger partial charge is 0.418 e. The van der Waals surface area contributed by atoms with Crippen molar-refractivity contribution >= 4 is 6.09 Å². The Morgan fingerprint density at radius 3 is 2.57 bits per heavy atom. The second-order valence-corrected chi connectivity index (χ2v) is 9.29. The summed E-state index contributed by atoms with van der Waals surface area (Å²) < 4.78 is 49.9. The number of carbonyl (C=O) groups excluding carboxylic acids is 1. The lowest BCUT2D eigenvalue weighted by molar-refractivity contribution is -0.138. The largest absolute Gasteiger partial charge is 0.475 e. The highest BCUT2D eigenvalue weighted by molar-refractivity contribution is 5.69. The highest BCUT2D eigenvalue weighted by atomic mass is 19.4. The first-order chi connectivity index (χ1) is 12.9. The molecule has 2 unspecified atom stereocenters. The molecule has 5 nitrogen and oxygen atoms in total. The van der Waals surface area contributed by atoms with Gasteiger partial charge in [-0.2, -0.15) is 13.2 Å².